The molecule has 1 rings (SSSR count). The van der Waals surface area contributed by atoms with Crippen molar-refractivity contribution in [3.8, 4) is 0 Å². The number of carbonyl (C=O) groups excluding carboxylic acids is 1. The number of aryl methyl sites for hydroxylation is 1. The van der Waals surface area contributed by atoms with Crippen LogP contribution in [-0.2, 0) is 9.59 Å². The number of hydrogen-bond acceptors (Lipinski definition) is 3. The average molecular weight is 295 g/mol. The molecule has 0 radical (unpaired) electrons. The number of thioether (sulfide) groups is 1. The predicted molar refractivity (Wildman–Crippen MR) is 80.9 cm³/mol. The van der Waals surface area contributed by atoms with Gasteiger partial charge in [0.15, 0.2) is 0 Å². The van der Waals surface area contributed by atoms with Crippen LogP contribution in [0.2, 0.25) is 0 Å². The first kappa shape index (κ1) is 16.6. The fourth-order valence-electron chi connectivity index (χ4n) is 1.71. The fraction of sp³-hybridized carbons (Fsp3) is 0.467. The summed E-state index contributed by atoms with van der Waals surface area (Å²) in [7, 11) is 0. The van der Waals surface area contributed by atoms with Gasteiger partial charge in [0, 0.05) is 4.90 Å². The number of benzene rings is 1. The molecule has 0 aliphatic rings. The van der Waals surface area contributed by atoms with Crippen molar-refractivity contribution < 1.29 is 14.7 Å². The Morgan fingerprint density at radius 2 is 1.90 bits per heavy atom. The zero-order valence-corrected chi connectivity index (χ0v) is 13.1. The average Bonchev–Trinajstić information content (AvgIpc) is 2.33. The first-order valence-electron chi connectivity index (χ1n) is 6.42. The Balaban J connectivity index is 2.60. The molecule has 0 heterocycles. The Kier molecular flexibility index (Phi) is 5.62. The van der Waals surface area contributed by atoms with Crippen LogP contribution < -0.4 is 5.32 Å². The molecule has 0 aliphatic carbocycles. The third-order valence-corrected chi connectivity index (χ3v) is 4.05. The molecule has 0 saturated heterocycles. The molecule has 1 atom stereocenters. The molecular formula is C15H21NO3S. The van der Waals surface area contributed by atoms with Crippen molar-refractivity contribution in [1.29, 1.82) is 0 Å². The lowest BCUT2D eigenvalue weighted by Crippen LogP contribution is -2.49. The number of carboxylic acids is 1. The van der Waals surface area contributed by atoms with Crippen molar-refractivity contribution in [2.24, 2.45) is 5.41 Å². The summed E-state index contributed by atoms with van der Waals surface area (Å²) in [6.07, 6.45) is 0. The molecule has 0 aliphatic heterocycles. The lowest BCUT2D eigenvalue weighted by atomic mass is 9.87. The van der Waals surface area contributed by atoms with E-state index < -0.39 is 17.4 Å². The zero-order valence-electron chi connectivity index (χ0n) is 12.3. The molecule has 0 aromatic heterocycles. The second-order valence-corrected chi connectivity index (χ2v) is 6.78. The van der Waals surface area contributed by atoms with Crippen molar-refractivity contribution in [2.75, 3.05) is 5.75 Å². The van der Waals surface area contributed by atoms with E-state index in [0.717, 1.165) is 10.5 Å². The monoisotopic (exact) mass is 295 g/mol. The second kappa shape index (κ2) is 6.79. The van der Waals surface area contributed by atoms with E-state index in [1.165, 1.54) is 11.8 Å². The van der Waals surface area contributed by atoms with Gasteiger partial charge < -0.3 is 10.4 Å². The van der Waals surface area contributed by atoms with E-state index in [1.54, 1.807) is 20.8 Å². The van der Waals surface area contributed by atoms with Crippen molar-refractivity contribution in [1.82, 2.24) is 5.32 Å². The van der Waals surface area contributed by atoms with Crippen molar-refractivity contribution in [2.45, 2.75) is 38.6 Å². The highest BCUT2D eigenvalue weighted by Gasteiger charge is 2.32. The van der Waals surface area contributed by atoms with Crippen LogP contribution in [0.25, 0.3) is 0 Å². The third kappa shape index (κ3) is 4.89. The molecule has 20 heavy (non-hydrogen) atoms. The van der Waals surface area contributed by atoms with Gasteiger partial charge in [-0.15, -0.1) is 11.8 Å². The summed E-state index contributed by atoms with van der Waals surface area (Å²) in [5.74, 6) is -1.06. The van der Waals surface area contributed by atoms with E-state index in [4.69, 9.17) is 5.11 Å². The summed E-state index contributed by atoms with van der Waals surface area (Å²) < 4.78 is 0. The summed E-state index contributed by atoms with van der Waals surface area (Å²) >= 11 is 1.41. The maximum atomic E-state index is 11.9. The van der Waals surface area contributed by atoms with Gasteiger partial charge in [0.25, 0.3) is 0 Å². The van der Waals surface area contributed by atoms with Crippen molar-refractivity contribution in [3.05, 3.63) is 29.8 Å². The summed E-state index contributed by atoms with van der Waals surface area (Å²) in [4.78, 5) is 24.1. The van der Waals surface area contributed by atoms with Crippen LogP contribution in [0.5, 0.6) is 0 Å². The van der Waals surface area contributed by atoms with Crippen LogP contribution in [-0.4, -0.2) is 28.8 Å². The molecule has 4 nitrogen and oxygen atoms in total. The number of hydrogen-bond donors (Lipinski definition) is 2. The van der Waals surface area contributed by atoms with Crippen LogP contribution in [0.15, 0.2) is 29.2 Å². The molecule has 0 saturated carbocycles. The summed E-state index contributed by atoms with van der Waals surface area (Å²) in [5, 5.41) is 11.8. The highest BCUT2D eigenvalue weighted by Crippen LogP contribution is 2.23. The third-order valence-electron chi connectivity index (χ3n) is 2.87. The maximum absolute atomic E-state index is 11.9. The lowest BCUT2D eigenvalue weighted by Gasteiger charge is -2.27. The van der Waals surface area contributed by atoms with Crippen molar-refractivity contribution >= 4 is 23.6 Å². The van der Waals surface area contributed by atoms with Crippen LogP contribution >= 0.6 is 11.8 Å². The summed E-state index contributed by atoms with van der Waals surface area (Å²) in [6.45, 7) is 7.36. The standard InChI is InChI=1S/C15H21NO3S/c1-10-7-5-6-8-11(10)20-9-12(17)16-13(14(18)19)15(2,3)4/h5-8,13H,9H2,1-4H3,(H,16,17)(H,18,19)/t13-/m1/s1. The van der Waals surface area contributed by atoms with Gasteiger partial charge in [0.05, 0.1) is 5.75 Å². The minimum absolute atomic E-state index is 0.213. The van der Waals surface area contributed by atoms with E-state index in [-0.39, 0.29) is 11.7 Å². The first-order chi connectivity index (χ1) is 9.21. The normalized spacial score (nSPS) is 12.8. The predicted octanol–water partition coefficient (Wildman–Crippen LogP) is 2.70. The summed E-state index contributed by atoms with van der Waals surface area (Å²) in [5.41, 5.74) is 0.588. The molecule has 0 bridgehead atoms. The van der Waals surface area contributed by atoms with Gasteiger partial charge in [-0.05, 0) is 24.0 Å². The molecule has 1 amide bonds. The second-order valence-electron chi connectivity index (χ2n) is 5.76. The molecule has 0 spiro atoms. The van der Waals surface area contributed by atoms with Crippen LogP contribution in [0.3, 0.4) is 0 Å². The Bertz CT molecular complexity index is 494. The van der Waals surface area contributed by atoms with Gasteiger partial charge in [-0.2, -0.15) is 0 Å². The van der Waals surface area contributed by atoms with Crippen LogP contribution in [0.1, 0.15) is 26.3 Å². The Hall–Kier alpha value is -1.49. The quantitative estimate of drug-likeness (QED) is 0.820. The smallest absolute Gasteiger partial charge is 0.326 e. The molecule has 0 unspecified atom stereocenters. The maximum Gasteiger partial charge on any atom is 0.326 e. The SMILES string of the molecule is Cc1ccccc1SCC(=O)N[C@H](C(=O)O)C(C)(C)C. The molecule has 5 heteroatoms. The van der Waals surface area contributed by atoms with Crippen LogP contribution in [0, 0.1) is 12.3 Å². The fourth-order valence-corrected chi connectivity index (χ4v) is 2.55. The van der Waals surface area contributed by atoms with Gasteiger partial charge >= 0.3 is 5.97 Å². The summed E-state index contributed by atoms with van der Waals surface area (Å²) in [6, 6.07) is 6.91. The van der Waals surface area contributed by atoms with E-state index in [1.807, 2.05) is 31.2 Å². The van der Waals surface area contributed by atoms with E-state index in [0.29, 0.717) is 0 Å². The van der Waals surface area contributed by atoms with Crippen molar-refractivity contribution in [3.63, 3.8) is 0 Å². The number of amides is 1. The Labute approximate surface area is 124 Å². The van der Waals surface area contributed by atoms with E-state index >= 15 is 0 Å². The molecule has 110 valence electrons. The van der Waals surface area contributed by atoms with Gasteiger partial charge in [0.2, 0.25) is 5.91 Å². The Morgan fingerprint density at radius 3 is 2.40 bits per heavy atom. The van der Waals surface area contributed by atoms with Gasteiger partial charge in [0.1, 0.15) is 6.04 Å². The highest BCUT2D eigenvalue weighted by atomic mass is 32.2. The molecular weight excluding hydrogens is 274 g/mol. The minimum atomic E-state index is -1.01. The first-order valence-corrected chi connectivity index (χ1v) is 7.41. The van der Waals surface area contributed by atoms with Gasteiger partial charge in [-0.25, -0.2) is 4.79 Å². The number of carboxylic acid groups (broad SMARTS) is 1. The van der Waals surface area contributed by atoms with E-state index in [2.05, 4.69) is 5.32 Å². The van der Waals surface area contributed by atoms with E-state index in [9.17, 15) is 9.59 Å². The molecule has 1 aromatic carbocycles. The Morgan fingerprint density at radius 1 is 1.30 bits per heavy atom. The number of nitrogens with one attached hydrogen (secondary N) is 1. The lowest BCUT2D eigenvalue weighted by molar-refractivity contribution is -0.144. The molecule has 2 N–H and O–H groups in total. The zero-order chi connectivity index (χ0) is 15.3. The topological polar surface area (TPSA) is 66.4 Å². The largest absolute Gasteiger partial charge is 0.480 e. The van der Waals surface area contributed by atoms with Crippen LogP contribution in [0.4, 0.5) is 0 Å². The molecule has 1 aromatic rings. The number of aliphatic carboxylic acids is 1. The number of rotatable bonds is 5. The molecule has 0 fully saturated rings. The minimum Gasteiger partial charge on any atom is -0.480 e. The number of carbonyl (C=O) groups is 2. The highest BCUT2D eigenvalue weighted by molar-refractivity contribution is 8.00. The van der Waals surface area contributed by atoms with Gasteiger partial charge in [-0.3, -0.25) is 4.79 Å². The van der Waals surface area contributed by atoms with Gasteiger partial charge in [-0.1, -0.05) is 39.0 Å².